The zero-order chi connectivity index (χ0) is 15.0. The number of piperidine rings is 1. The minimum Gasteiger partial charge on any atom is -0.395 e. The van der Waals surface area contributed by atoms with Gasteiger partial charge in [0.2, 0.25) is 5.91 Å². The van der Waals surface area contributed by atoms with Crippen molar-refractivity contribution in [2.45, 2.75) is 65.3 Å². The minimum atomic E-state index is -0.103. The van der Waals surface area contributed by atoms with Crippen molar-refractivity contribution in [1.82, 2.24) is 10.2 Å². The van der Waals surface area contributed by atoms with E-state index in [4.69, 9.17) is 0 Å². The van der Waals surface area contributed by atoms with E-state index in [2.05, 4.69) is 26.1 Å². The van der Waals surface area contributed by atoms with Gasteiger partial charge in [-0.15, -0.1) is 0 Å². The van der Waals surface area contributed by atoms with Crippen molar-refractivity contribution in [2.24, 2.45) is 5.41 Å². The summed E-state index contributed by atoms with van der Waals surface area (Å²) in [6.07, 6.45) is 6.83. The number of aliphatic hydroxyl groups excluding tert-OH is 1. The molecule has 1 saturated heterocycles. The van der Waals surface area contributed by atoms with E-state index >= 15 is 0 Å². The molecule has 1 atom stereocenters. The second kappa shape index (κ2) is 8.63. The smallest absolute Gasteiger partial charge is 0.240 e. The van der Waals surface area contributed by atoms with E-state index in [1.165, 1.54) is 12.8 Å². The number of nitrogens with one attached hydrogen (secondary N) is 1. The summed E-state index contributed by atoms with van der Waals surface area (Å²) >= 11 is 0. The molecule has 0 bridgehead atoms. The van der Waals surface area contributed by atoms with Crippen molar-refractivity contribution in [3.63, 3.8) is 0 Å². The number of hydrogen-bond acceptors (Lipinski definition) is 3. The highest BCUT2D eigenvalue weighted by molar-refractivity contribution is 5.83. The van der Waals surface area contributed by atoms with E-state index in [1.54, 1.807) is 0 Å². The van der Waals surface area contributed by atoms with Gasteiger partial charge in [-0.25, -0.2) is 0 Å². The molecule has 4 nitrogen and oxygen atoms in total. The molecule has 2 N–H and O–H groups in total. The first kappa shape index (κ1) is 17.4. The fourth-order valence-corrected chi connectivity index (χ4v) is 3.00. The molecule has 0 aromatic heterocycles. The first-order valence-electron chi connectivity index (χ1n) is 8.16. The molecule has 0 aromatic carbocycles. The van der Waals surface area contributed by atoms with Crippen molar-refractivity contribution in [3.05, 3.63) is 0 Å². The second-order valence-corrected chi connectivity index (χ2v) is 6.59. The zero-order valence-electron chi connectivity index (χ0n) is 13.5. The van der Waals surface area contributed by atoms with Crippen LogP contribution in [0.15, 0.2) is 0 Å². The molecule has 0 aromatic rings. The average Bonchev–Trinajstić information content (AvgIpc) is 2.41. The third-order valence-electron chi connectivity index (χ3n) is 4.34. The lowest BCUT2D eigenvalue weighted by molar-refractivity contribution is -0.138. The fraction of sp³-hybridized carbons (Fsp3) is 0.938. The molecule has 1 amide bonds. The highest BCUT2D eigenvalue weighted by Crippen LogP contribution is 2.31. The van der Waals surface area contributed by atoms with Gasteiger partial charge in [-0.1, -0.05) is 40.0 Å². The van der Waals surface area contributed by atoms with E-state index in [1.807, 2.05) is 4.90 Å². The fourth-order valence-electron chi connectivity index (χ4n) is 3.00. The van der Waals surface area contributed by atoms with Gasteiger partial charge in [0.15, 0.2) is 0 Å². The molecule has 0 spiro atoms. The summed E-state index contributed by atoms with van der Waals surface area (Å²) in [5.74, 6) is 0.167. The molecular formula is C16H32N2O2. The molecule has 1 fully saturated rings. The summed E-state index contributed by atoms with van der Waals surface area (Å²) in [6.45, 7) is 8.71. The highest BCUT2D eigenvalue weighted by Gasteiger charge is 2.38. The number of unbranched alkanes of at least 4 members (excludes halogenated alkanes) is 3. The summed E-state index contributed by atoms with van der Waals surface area (Å²) in [6, 6.07) is -0.103. The monoisotopic (exact) mass is 284 g/mol. The Balaban J connectivity index is 2.57. The number of amides is 1. The number of nitrogens with zero attached hydrogens (tertiary/aromatic N) is 1. The summed E-state index contributed by atoms with van der Waals surface area (Å²) in [4.78, 5) is 14.6. The number of carbonyl (C=O) groups excluding carboxylic acids is 1. The number of rotatable bonds is 8. The predicted molar refractivity (Wildman–Crippen MR) is 82.6 cm³/mol. The summed E-state index contributed by atoms with van der Waals surface area (Å²) in [7, 11) is 0. The van der Waals surface area contributed by atoms with E-state index in [9.17, 15) is 9.90 Å². The molecular weight excluding hydrogens is 252 g/mol. The van der Waals surface area contributed by atoms with Gasteiger partial charge in [0.1, 0.15) is 0 Å². The maximum atomic E-state index is 12.7. The van der Waals surface area contributed by atoms with Crippen LogP contribution in [0.5, 0.6) is 0 Å². The Labute approximate surface area is 123 Å². The standard InChI is InChI=1S/C16H32N2O2/c1-4-5-6-7-11-18(12-13-19)15(20)14-16(2,3)9-8-10-17-14/h14,17,19H,4-13H2,1-3H3. The molecule has 20 heavy (non-hydrogen) atoms. The van der Waals surface area contributed by atoms with Gasteiger partial charge in [0, 0.05) is 13.1 Å². The van der Waals surface area contributed by atoms with Crippen molar-refractivity contribution >= 4 is 5.91 Å². The molecule has 1 unspecified atom stereocenters. The maximum absolute atomic E-state index is 12.7. The predicted octanol–water partition coefficient (Wildman–Crippen LogP) is 2.17. The molecule has 0 saturated carbocycles. The quantitative estimate of drug-likeness (QED) is 0.672. The van der Waals surface area contributed by atoms with E-state index < -0.39 is 0 Å². The van der Waals surface area contributed by atoms with Gasteiger partial charge in [-0.3, -0.25) is 4.79 Å². The van der Waals surface area contributed by atoms with Gasteiger partial charge in [0.25, 0.3) is 0 Å². The number of hydrogen-bond donors (Lipinski definition) is 2. The number of carbonyl (C=O) groups is 1. The van der Waals surface area contributed by atoms with Crippen molar-refractivity contribution in [2.75, 3.05) is 26.2 Å². The summed E-state index contributed by atoms with van der Waals surface area (Å²) in [5.41, 5.74) is 0.00641. The normalized spacial score (nSPS) is 21.7. The molecule has 0 radical (unpaired) electrons. The topological polar surface area (TPSA) is 52.6 Å². The Morgan fingerprint density at radius 3 is 2.65 bits per heavy atom. The Hall–Kier alpha value is -0.610. The molecule has 1 aliphatic rings. The Kier molecular flexibility index (Phi) is 7.52. The van der Waals surface area contributed by atoms with Crippen LogP contribution in [0, 0.1) is 5.41 Å². The first-order valence-corrected chi connectivity index (χ1v) is 8.16. The first-order chi connectivity index (χ1) is 9.53. The maximum Gasteiger partial charge on any atom is 0.240 e. The van der Waals surface area contributed by atoms with E-state index in [-0.39, 0.29) is 24.0 Å². The molecule has 1 heterocycles. The lowest BCUT2D eigenvalue weighted by Gasteiger charge is -2.40. The van der Waals surface area contributed by atoms with Crippen molar-refractivity contribution in [3.8, 4) is 0 Å². The summed E-state index contributed by atoms with van der Waals surface area (Å²) < 4.78 is 0. The zero-order valence-corrected chi connectivity index (χ0v) is 13.5. The minimum absolute atomic E-state index is 0.00641. The molecule has 0 aliphatic carbocycles. The Morgan fingerprint density at radius 2 is 2.05 bits per heavy atom. The Bertz CT molecular complexity index is 292. The van der Waals surface area contributed by atoms with Crippen molar-refractivity contribution < 1.29 is 9.90 Å². The molecule has 1 rings (SSSR count). The van der Waals surface area contributed by atoms with E-state index in [0.29, 0.717) is 6.54 Å². The molecule has 1 aliphatic heterocycles. The third-order valence-corrected chi connectivity index (χ3v) is 4.34. The molecule has 118 valence electrons. The van der Waals surface area contributed by atoms with Crippen LogP contribution in [0.4, 0.5) is 0 Å². The lowest BCUT2D eigenvalue weighted by Crippen LogP contribution is -2.57. The Morgan fingerprint density at radius 1 is 1.30 bits per heavy atom. The van der Waals surface area contributed by atoms with E-state index in [0.717, 1.165) is 38.8 Å². The lowest BCUT2D eigenvalue weighted by atomic mass is 9.77. The van der Waals surface area contributed by atoms with Gasteiger partial charge in [0.05, 0.1) is 12.6 Å². The van der Waals surface area contributed by atoms with Crippen LogP contribution in [-0.2, 0) is 4.79 Å². The largest absolute Gasteiger partial charge is 0.395 e. The van der Waals surface area contributed by atoms with Gasteiger partial charge >= 0.3 is 0 Å². The SMILES string of the molecule is CCCCCCN(CCO)C(=O)C1NCCCC1(C)C. The average molecular weight is 284 g/mol. The van der Waals surface area contributed by atoms with Gasteiger partial charge in [-0.2, -0.15) is 0 Å². The van der Waals surface area contributed by atoms with Crippen LogP contribution in [0.2, 0.25) is 0 Å². The second-order valence-electron chi connectivity index (χ2n) is 6.59. The van der Waals surface area contributed by atoms with Crippen LogP contribution in [-0.4, -0.2) is 48.2 Å². The van der Waals surface area contributed by atoms with Crippen molar-refractivity contribution in [1.29, 1.82) is 0 Å². The highest BCUT2D eigenvalue weighted by atomic mass is 16.3. The van der Waals surface area contributed by atoms with Gasteiger partial charge < -0.3 is 15.3 Å². The van der Waals surface area contributed by atoms with Crippen LogP contribution in [0.1, 0.15) is 59.3 Å². The summed E-state index contributed by atoms with van der Waals surface area (Å²) in [5, 5.41) is 12.6. The van der Waals surface area contributed by atoms with Crippen LogP contribution in [0.25, 0.3) is 0 Å². The third kappa shape index (κ3) is 5.06. The molecule has 4 heteroatoms. The van der Waals surface area contributed by atoms with Gasteiger partial charge in [-0.05, 0) is 31.2 Å². The number of aliphatic hydroxyl groups is 1. The van der Waals surface area contributed by atoms with Crippen LogP contribution >= 0.6 is 0 Å². The van der Waals surface area contributed by atoms with Crippen LogP contribution < -0.4 is 5.32 Å². The van der Waals surface area contributed by atoms with Crippen LogP contribution in [0.3, 0.4) is 0 Å².